The molecule has 3 saturated carbocycles. The molecule has 7 rings (SSSR count). The zero-order valence-electron chi connectivity index (χ0n) is 29.9. The van der Waals surface area contributed by atoms with E-state index in [1.165, 1.54) is 37.7 Å². The topological polar surface area (TPSA) is 60.4 Å². The zero-order valence-corrected chi connectivity index (χ0v) is 29.9. The number of hydrogen-bond donors (Lipinski definition) is 0. The molecule has 0 saturated heterocycles. The lowest BCUT2D eigenvalue weighted by Crippen LogP contribution is -2.51. The molecule has 5 aliphatic carbocycles. The molecular formula is C44H54O4. The van der Waals surface area contributed by atoms with Crippen molar-refractivity contribution in [3.05, 3.63) is 94.1 Å². The van der Waals surface area contributed by atoms with Crippen LogP contribution in [0.25, 0.3) is 0 Å². The predicted octanol–water partition coefficient (Wildman–Crippen LogP) is 10.4. The number of hydrogen-bond acceptors (Lipinski definition) is 4. The molecule has 0 radical (unpaired) electrons. The Hall–Kier alpha value is -3.27. The fraction of sp³-hybridized carbons (Fsp3) is 0.568. The Morgan fingerprint density at radius 1 is 0.875 bits per heavy atom. The average Bonchev–Trinajstić information content (AvgIpc) is 3.44. The first-order chi connectivity index (χ1) is 23.0. The van der Waals surface area contributed by atoms with Crippen LogP contribution in [0.3, 0.4) is 0 Å². The fourth-order valence-electron chi connectivity index (χ4n) is 11.4. The number of benzene rings is 2. The molecular weight excluding hydrogens is 592 g/mol. The summed E-state index contributed by atoms with van der Waals surface area (Å²) < 4.78 is 6.14. The summed E-state index contributed by atoms with van der Waals surface area (Å²) in [6.07, 6.45) is 17.9. The summed E-state index contributed by atoms with van der Waals surface area (Å²) in [7, 11) is 0. The molecule has 0 bridgehead atoms. The van der Waals surface area contributed by atoms with E-state index in [9.17, 15) is 14.4 Å². The fourth-order valence-corrected chi connectivity index (χ4v) is 11.4. The number of fused-ring (bicyclic) bond motifs is 7. The van der Waals surface area contributed by atoms with Crippen molar-refractivity contribution in [2.75, 3.05) is 0 Å². The van der Waals surface area contributed by atoms with Crippen LogP contribution in [0.5, 0.6) is 0 Å². The Kier molecular flexibility index (Phi) is 8.70. The lowest BCUT2D eigenvalue weighted by atomic mass is 9.47. The average molecular weight is 647 g/mol. The van der Waals surface area contributed by atoms with Crippen LogP contribution in [0.2, 0.25) is 0 Å². The van der Waals surface area contributed by atoms with Crippen molar-refractivity contribution < 1.29 is 19.1 Å². The minimum absolute atomic E-state index is 0.169. The van der Waals surface area contributed by atoms with Crippen LogP contribution < -0.4 is 0 Å². The number of ketones is 2. The van der Waals surface area contributed by atoms with Gasteiger partial charge < -0.3 is 4.74 Å². The van der Waals surface area contributed by atoms with Crippen molar-refractivity contribution in [2.24, 2.45) is 52.3 Å². The maximum atomic E-state index is 13.4. The van der Waals surface area contributed by atoms with Gasteiger partial charge in [0.15, 0.2) is 11.6 Å². The zero-order chi connectivity index (χ0) is 34.0. The van der Waals surface area contributed by atoms with Gasteiger partial charge in [0.1, 0.15) is 6.10 Å². The molecule has 0 heterocycles. The number of rotatable bonds is 7. The lowest BCUT2D eigenvalue weighted by molar-refractivity contribution is -0.0565. The minimum atomic E-state index is -0.410. The maximum Gasteiger partial charge on any atom is 0.338 e. The highest BCUT2D eigenvalue weighted by molar-refractivity contribution is 6.28. The van der Waals surface area contributed by atoms with Gasteiger partial charge in [-0.25, -0.2) is 4.79 Å². The van der Waals surface area contributed by atoms with Crippen molar-refractivity contribution in [3.63, 3.8) is 0 Å². The van der Waals surface area contributed by atoms with Crippen molar-refractivity contribution in [1.29, 1.82) is 0 Å². The molecule has 9 atom stereocenters. The number of carbonyl (C=O) groups is 3. The van der Waals surface area contributed by atoms with Gasteiger partial charge in [-0.2, -0.15) is 0 Å². The number of carbonyl (C=O) groups excluding carboxylic acids is 3. The Bertz CT molecular complexity index is 1680. The molecule has 0 unspecified atom stereocenters. The van der Waals surface area contributed by atoms with E-state index in [4.69, 9.17) is 4.74 Å². The van der Waals surface area contributed by atoms with E-state index >= 15 is 0 Å². The van der Waals surface area contributed by atoms with Crippen LogP contribution in [-0.4, -0.2) is 23.6 Å². The van der Waals surface area contributed by atoms with E-state index in [0.29, 0.717) is 51.3 Å². The summed E-state index contributed by atoms with van der Waals surface area (Å²) in [4.78, 5) is 39.7. The van der Waals surface area contributed by atoms with Crippen molar-refractivity contribution >= 4 is 17.5 Å². The van der Waals surface area contributed by atoms with Crippen LogP contribution >= 0.6 is 0 Å². The van der Waals surface area contributed by atoms with Gasteiger partial charge in [-0.1, -0.05) is 89.6 Å². The van der Waals surface area contributed by atoms with Gasteiger partial charge in [0.2, 0.25) is 0 Å². The molecule has 0 spiro atoms. The summed E-state index contributed by atoms with van der Waals surface area (Å²) in [5.41, 5.74) is 3.87. The van der Waals surface area contributed by atoms with Crippen LogP contribution in [0.4, 0.5) is 0 Å². The second-order valence-electron chi connectivity index (χ2n) is 16.8. The third-order valence-electron chi connectivity index (χ3n) is 14.2. The summed E-state index contributed by atoms with van der Waals surface area (Å²) in [6, 6.07) is 11.7. The van der Waals surface area contributed by atoms with Gasteiger partial charge >= 0.3 is 5.97 Å². The molecule has 5 aliphatic rings. The molecule has 2 aromatic carbocycles. The molecule has 3 fully saturated rings. The largest absolute Gasteiger partial charge is 0.458 e. The summed E-state index contributed by atoms with van der Waals surface area (Å²) >= 11 is 0. The van der Waals surface area contributed by atoms with E-state index in [1.807, 2.05) is 0 Å². The monoisotopic (exact) mass is 646 g/mol. The third-order valence-corrected chi connectivity index (χ3v) is 14.2. The van der Waals surface area contributed by atoms with E-state index in [0.717, 1.165) is 43.4 Å². The van der Waals surface area contributed by atoms with Gasteiger partial charge in [-0.15, -0.1) is 0 Å². The first-order valence-corrected chi connectivity index (χ1v) is 18.9. The smallest absolute Gasteiger partial charge is 0.338 e. The first-order valence-electron chi connectivity index (χ1n) is 18.9. The lowest BCUT2D eigenvalue weighted by Gasteiger charge is -2.58. The standard InChI is InChI=1S/C44H54O4/c1-7-28(26(2)3)13-12-27(4)37-18-19-38-35-17-15-30-25-31(20-22-43(30,5)39(35)21-23-44(37,38)6)48-42(47)29-14-16-34-36(24-29)41(46)33-11-9-8-10-32(33)40(34)45/h8-16,24,26-28,31,35,37-39H,7,17-23,25H2,1-6H3/t27-,28-,31+,35+,37-,38+,39+,43+,44-/m1/s1. The van der Waals surface area contributed by atoms with Crippen molar-refractivity contribution in [2.45, 2.75) is 105 Å². The van der Waals surface area contributed by atoms with E-state index in [1.54, 1.807) is 42.5 Å². The molecule has 4 nitrogen and oxygen atoms in total. The Labute approximate surface area is 287 Å². The molecule has 2 aromatic rings. The van der Waals surface area contributed by atoms with E-state index in [-0.39, 0.29) is 28.6 Å². The molecule has 0 aliphatic heterocycles. The second kappa shape index (κ2) is 12.6. The van der Waals surface area contributed by atoms with E-state index < -0.39 is 5.97 Å². The summed E-state index contributed by atoms with van der Waals surface area (Å²) in [6.45, 7) is 14.6. The highest BCUT2D eigenvalue weighted by Crippen LogP contribution is 2.67. The van der Waals surface area contributed by atoms with Crippen molar-refractivity contribution in [3.8, 4) is 0 Å². The van der Waals surface area contributed by atoms with Crippen molar-refractivity contribution in [1.82, 2.24) is 0 Å². The van der Waals surface area contributed by atoms with Crippen LogP contribution in [0, 0.1) is 52.3 Å². The second-order valence-corrected chi connectivity index (χ2v) is 16.8. The Morgan fingerprint density at radius 2 is 1.58 bits per heavy atom. The van der Waals surface area contributed by atoms with Gasteiger partial charge in [0.05, 0.1) is 5.56 Å². The maximum absolute atomic E-state index is 13.4. The molecule has 4 heteroatoms. The Morgan fingerprint density at radius 3 is 2.29 bits per heavy atom. The van der Waals surface area contributed by atoms with Gasteiger partial charge in [-0.3, -0.25) is 9.59 Å². The SMILES string of the molecule is CC[C@H](C=C[C@@H](C)[C@H]1CC[C@H]2[C@@H]3CC=C4C[C@@H](OC(=O)c5ccc6c(c5)C(=O)c5ccccc5C6=O)CC[C@]4(C)[C@H]3CC[C@]12C)C(C)C. The third kappa shape index (κ3) is 5.37. The summed E-state index contributed by atoms with van der Waals surface area (Å²) in [5, 5.41) is 0. The molecule has 0 aromatic heterocycles. The highest BCUT2D eigenvalue weighted by atomic mass is 16.5. The molecule has 48 heavy (non-hydrogen) atoms. The number of esters is 1. The molecule has 0 N–H and O–H groups in total. The first kappa shape index (κ1) is 33.2. The highest BCUT2D eigenvalue weighted by Gasteiger charge is 2.59. The number of ether oxygens (including phenoxy) is 1. The normalized spacial score (nSPS) is 33.6. The van der Waals surface area contributed by atoms with Gasteiger partial charge in [0, 0.05) is 28.7 Å². The predicted molar refractivity (Wildman–Crippen MR) is 191 cm³/mol. The molecule has 254 valence electrons. The minimum Gasteiger partial charge on any atom is -0.458 e. The van der Waals surface area contributed by atoms with Crippen LogP contribution in [0.1, 0.15) is 142 Å². The molecule has 0 amide bonds. The number of allylic oxidation sites excluding steroid dienone is 3. The van der Waals surface area contributed by atoms with Gasteiger partial charge in [-0.05, 0) is 122 Å². The summed E-state index contributed by atoms with van der Waals surface area (Å²) in [5.74, 6) is 4.21. The van der Waals surface area contributed by atoms with Crippen LogP contribution in [0.15, 0.2) is 66.3 Å². The quantitative estimate of drug-likeness (QED) is 0.189. The van der Waals surface area contributed by atoms with Crippen LogP contribution in [-0.2, 0) is 4.74 Å². The Balaban J connectivity index is 1.03. The van der Waals surface area contributed by atoms with Gasteiger partial charge in [0.25, 0.3) is 0 Å². The van der Waals surface area contributed by atoms with E-state index in [2.05, 4.69) is 59.8 Å².